The van der Waals surface area contributed by atoms with E-state index in [-0.39, 0.29) is 11.7 Å². The minimum atomic E-state index is 0.0294. The molecule has 0 aliphatic carbocycles. The summed E-state index contributed by atoms with van der Waals surface area (Å²) in [6, 6.07) is 15.5. The molecule has 30 heavy (non-hydrogen) atoms. The minimum absolute atomic E-state index is 0.0294. The average Bonchev–Trinajstić information content (AvgIpc) is 3.27. The number of Topliss-reactive ketones (excluding diaryl/α,β-unsaturated/α-hetero) is 1. The van der Waals surface area contributed by atoms with Crippen molar-refractivity contribution in [2.45, 2.75) is 25.9 Å². The van der Waals surface area contributed by atoms with Gasteiger partial charge in [-0.25, -0.2) is 0 Å². The zero-order valence-electron chi connectivity index (χ0n) is 17.1. The zero-order chi connectivity index (χ0) is 20.9. The Morgan fingerprint density at radius 1 is 1.20 bits per heavy atom. The maximum atomic E-state index is 12.9. The monoisotopic (exact) mass is 423 g/mol. The molecular formula is C24H26ClN3O2. The number of aromatic nitrogens is 2. The number of likely N-dealkylation sites (tertiary alicyclic amines) is 1. The molecule has 6 heteroatoms. The number of ether oxygens (including phenoxy) is 1. The fourth-order valence-corrected chi connectivity index (χ4v) is 4.27. The summed E-state index contributed by atoms with van der Waals surface area (Å²) >= 11 is 5.96. The summed E-state index contributed by atoms with van der Waals surface area (Å²) in [7, 11) is 1.69. The Hall–Kier alpha value is -2.63. The molecule has 2 aromatic carbocycles. The molecule has 1 aliphatic heterocycles. The summed E-state index contributed by atoms with van der Waals surface area (Å²) in [5.74, 6) is 1.11. The van der Waals surface area contributed by atoms with Gasteiger partial charge >= 0.3 is 0 Å². The van der Waals surface area contributed by atoms with E-state index in [0.29, 0.717) is 11.6 Å². The van der Waals surface area contributed by atoms with E-state index in [1.54, 1.807) is 25.4 Å². The van der Waals surface area contributed by atoms with Crippen molar-refractivity contribution in [1.82, 2.24) is 14.7 Å². The lowest BCUT2D eigenvalue weighted by atomic mass is 9.90. The molecule has 1 atom stereocenters. The average molecular weight is 424 g/mol. The second-order valence-electron chi connectivity index (χ2n) is 7.80. The van der Waals surface area contributed by atoms with Crippen molar-refractivity contribution in [3.05, 3.63) is 82.6 Å². The molecule has 0 radical (unpaired) electrons. The molecule has 4 rings (SSSR count). The molecule has 0 N–H and O–H groups in total. The molecule has 2 heterocycles. The van der Waals surface area contributed by atoms with E-state index >= 15 is 0 Å². The van der Waals surface area contributed by atoms with Crippen LogP contribution in [0.4, 0.5) is 0 Å². The van der Waals surface area contributed by atoms with E-state index in [2.05, 4.69) is 22.1 Å². The second-order valence-corrected chi connectivity index (χ2v) is 8.23. The Bertz CT molecular complexity index is 986. The molecule has 1 fully saturated rings. The van der Waals surface area contributed by atoms with Crippen LogP contribution in [-0.2, 0) is 13.1 Å². The number of methoxy groups -OCH3 is 1. The van der Waals surface area contributed by atoms with Crippen LogP contribution in [0.25, 0.3) is 0 Å². The van der Waals surface area contributed by atoms with Gasteiger partial charge in [0.05, 0.1) is 13.7 Å². The second kappa shape index (κ2) is 9.45. The third kappa shape index (κ3) is 4.91. The van der Waals surface area contributed by atoms with Gasteiger partial charge in [0.2, 0.25) is 0 Å². The Morgan fingerprint density at radius 3 is 2.77 bits per heavy atom. The number of carbonyl (C=O) groups is 1. The zero-order valence-corrected chi connectivity index (χ0v) is 17.9. The van der Waals surface area contributed by atoms with E-state index in [1.165, 1.54) is 5.56 Å². The van der Waals surface area contributed by atoms with Gasteiger partial charge in [0.1, 0.15) is 5.75 Å². The molecule has 0 bridgehead atoms. The lowest BCUT2D eigenvalue weighted by Gasteiger charge is -2.32. The van der Waals surface area contributed by atoms with Crippen molar-refractivity contribution in [2.75, 3.05) is 20.2 Å². The van der Waals surface area contributed by atoms with Crippen LogP contribution < -0.4 is 4.74 Å². The first-order valence-corrected chi connectivity index (χ1v) is 10.7. The van der Waals surface area contributed by atoms with Gasteiger partial charge in [-0.15, -0.1) is 0 Å². The Morgan fingerprint density at radius 2 is 2.03 bits per heavy atom. The van der Waals surface area contributed by atoms with Gasteiger partial charge in [0.15, 0.2) is 5.78 Å². The Kier molecular flexibility index (Phi) is 6.50. The van der Waals surface area contributed by atoms with E-state index in [0.717, 1.165) is 49.4 Å². The SMILES string of the molecule is COc1ccc(CN2CCC[C@@H](C(=O)c3ccc(Cl)cc3)C2)cc1Cn1cccn1. The first-order chi connectivity index (χ1) is 14.6. The van der Waals surface area contributed by atoms with Gasteiger partial charge in [0, 0.05) is 47.6 Å². The van der Waals surface area contributed by atoms with E-state index in [4.69, 9.17) is 16.3 Å². The summed E-state index contributed by atoms with van der Waals surface area (Å²) in [6.45, 7) is 3.27. The number of nitrogens with zero attached hydrogens (tertiary/aromatic N) is 3. The van der Waals surface area contributed by atoms with E-state index < -0.39 is 0 Å². The van der Waals surface area contributed by atoms with Crippen LogP contribution in [0, 0.1) is 5.92 Å². The molecule has 1 saturated heterocycles. The lowest BCUT2D eigenvalue weighted by Crippen LogP contribution is -2.38. The molecule has 0 spiro atoms. The van der Waals surface area contributed by atoms with Gasteiger partial charge in [-0.05, 0) is 67.4 Å². The third-order valence-corrected chi connectivity index (χ3v) is 5.90. The smallest absolute Gasteiger partial charge is 0.167 e. The van der Waals surface area contributed by atoms with Crippen molar-refractivity contribution < 1.29 is 9.53 Å². The normalized spacial score (nSPS) is 17.1. The predicted octanol–water partition coefficient (Wildman–Crippen LogP) is 4.69. The molecule has 0 saturated carbocycles. The highest BCUT2D eigenvalue weighted by Crippen LogP contribution is 2.25. The topological polar surface area (TPSA) is 47.4 Å². The predicted molar refractivity (Wildman–Crippen MR) is 118 cm³/mol. The summed E-state index contributed by atoms with van der Waals surface area (Å²) in [5, 5.41) is 4.96. The van der Waals surface area contributed by atoms with Crippen molar-refractivity contribution in [3.63, 3.8) is 0 Å². The molecule has 5 nitrogen and oxygen atoms in total. The molecule has 1 aromatic heterocycles. The Balaban J connectivity index is 1.44. The molecule has 0 unspecified atom stereocenters. The number of benzene rings is 2. The van der Waals surface area contributed by atoms with E-state index in [1.807, 2.05) is 35.1 Å². The van der Waals surface area contributed by atoms with Crippen LogP contribution in [0.3, 0.4) is 0 Å². The van der Waals surface area contributed by atoms with Crippen LogP contribution in [0.15, 0.2) is 60.9 Å². The summed E-state index contributed by atoms with van der Waals surface area (Å²) in [4.78, 5) is 15.3. The van der Waals surface area contributed by atoms with Crippen LogP contribution in [-0.4, -0.2) is 40.7 Å². The van der Waals surface area contributed by atoms with Gasteiger partial charge in [-0.3, -0.25) is 14.4 Å². The minimum Gasteiger partial charge on any atom is -0.496 e. The number of carbonyl (C=O) groups excluding carboxylic acids is 1. The number of halogens is 1. The molecular weight excluding hydrogens is 398 g/mol. The molecule has 0 amide bonds. The van der Waals surface area contributed by atoms with Gasteiger partial charge in [-0.1, -0.05) is 17.7 Å². The molecule has 156 valence electrons. The third-order valence-electron chi connectivity index (χ3n) is 5.65. The van der Waals surface area contributed by atoms with Crippen LogP contribution >= 0.6 is 11.6 Å². The fraction of sp³-hybridized carbons (Fsp3) is 0.333. The number of hydrogen-bond acceptors (Lipinski definition) is 4. The van der Waals surface area contributed by atoms with Crippen molar-refractivity contribution in [2.24, 2.45) is 5.92 Å². The number of rotatable bonds is 7. The highest BCUT2D eigenvalue weighted by Gasteiger charge is 2.26. The number of ketones is 1. The first kappa shape index (κ1) is 20.6. The highest BCUT2D eigenvalue weighted by molar-refractivity contribution is 6.30. The fourth-order valence-electron chi connectivity index (χ4n) is 4.14. The number of hydrogen-bond donors (Lipinski definition) is 0. The van der Waals surface area contributed by atoms with E-state index in [9.17, 15) is 4.79 Å². The number of piperidine rings is 1. The van der Waals surface area contributed by atoms with Crippen molar-refractivity contribution >= 4 is 17.4 Å². The van der Waals surface area contributed by atoms with Crippen LogP contribution in [0.2, 0.25) is 5.02 Å². The molecule has 1 aliphatic rings. The summed E-state index contributed by atoms with van der Waals surface area (Å²) in [5.41, 5.74) is 3.07. The maximum absolute atomic E-state index is 12.9. The van der Waals surface area contributed by atoms with Gasteiger partial charge in [0.25, 0.3) is 0 Å². The maximum Gasteiger partial charge on any atom is 0.167 e. The van der Waals surface area contributed by atoms with Gasteiger partial charge in [-0.2, -0.15) is 5.10 Å². The standard InChI is InChI=1S/C24H26ClN3O2/c1-30-23-10-5-18(14-21(23)17-28-13-3-11-26-28)15-27-12-2-4-20(16-27)24(29)19-6-8-22(25)9-7-19/h3,5-11,13-14,20H,2,4,12,15-17H2,1H3/t20-/m1/s1. The summed E-state index contributed by atoms with van der Waals surface area (Å²) < 4.78 is 7.43. The van der Waals surface area contributed by atoms with Crippen molar-refractivity contribution in [3.8, 4) is 5.75 Å². The van der Waals surface area contributed by atoms with Crippen LogP contribution in [0.5, 0.6) is 5.75 Å². The largest absolute Gasteiger partial charge is 0.496 e. The lowest BCUT2D eigenvalue weighted by molar-refractivity contribution is 0.0811. The molecule has 3 aromatic rings. The van der Waals surface area contributed by atoms with Gasteiger partial charge < -0.3 is 4.74 Å². The summed E-state index contributed by atoms with van der Waals surface area (Å²) in [6.07, 6.45) is 5.69. The van der Waals surface area contributed by atoms with Crippen LogP contribution in [0.1, 0.15) is 34.3 Å². The quantitative estimate of drug-likeness (QED) is 0.517. The Labute approximate surface area is 182 Å². The first-order valence-electron chi connectivity index (χ1n) is 10.3. The highest BCUT2D eigenvalue weighted by atomic mass is 35.5. The van der Waals surface area contributed by atoms with Crippen molar-refractivity contribution in [1.29, 1.82) is 0 Å².